The van der Waals surface area contributed by atoms with Crippen LogP contribution in [-0.4, -0.2) is 24.6 Å². The first kappa shape index (κ1) is 10.5. The van der Waals surface area contributed by atoms with Gasteiger partial charge in [0.2, 0.25) is 0 Å². The van der Waals surface area contributed by atoms with E-state index in [0.29, 0.717) is 5.84 Å². The van der Waals surface area contributed by atoms with Crippen molar-refractivity contribution in [3.63, 3.8) is 0 Å². The highest BCUT2D eigenvalue weighted by molar-refractivity contribution is 5.89. The van der Waals surface area contributed by atoms with Gasteiger partial charge in [-0.05, 0) is 39.5 Å². The molecule has 3 heteroatoms. The van der Waals surface area contributed by atoms with Crippen LogP contribution in [0.5, 0.6) is 0 Å². The van der Waals surface area contributed by atoms with Gasteiger partial charge < -0.3 is 10.5 Å². The van der Waals surface area contributed by atoms with Crippen molar-refractivity contribution in [2.75, 3.05) is 7.11 Å². The molecule has 0 atom stereocenters. The molecule has 1 aliphatic rings. The molecule has 0 aromatic rings. The van der Waals surface area contributed by atoms with Crippen LogP contribution in [0.3, 0.4) is 0 Å². The predicted molar refractivity (Wildman–Crippen MR) is 55.0 cm³/mol. The Balaban J connectivity index is 2.76. The molecule has 13 heavy (non-hydrogen) atoms. The van der Waals surface area contributed by atoms with E-state index in [2.05, 4.69) is 4.99 Å². The lowest BCUT2D eigenvalue weighted by Crippen LogP contribution is -2.43. The van der Waals surface area contributed by atoms with Gasteiger partial charge in [-0.3, -0.25) is 4.99 Å². The highest BCUT2D eigenvalue weighted by Gasteiger charge is 2.37. The van der Waals surface area contributed by atoms with E-state index in [9.17, 15) is 0 Å². The fraction of sp³-hybridized carbons (Fsp3) is 0.900. The molecule has 1 saturated carbocycles. The van der Waals surface area contributed by atoms with Gasteiger partial charge in [-0.25, -0.2) is 0 Å². The number of nitrogens with zero attached hydrogens (tertiary/aromatic N) is 1. The first-order valence-electron chi connectivity index (χ1n) is 4.99. The van der Waals surface area contributed by atoms with Gasteiger partial charge in [-0.15, -0.1) is 0 Å². The molecule has 0 aliphatic heterocycles. The quantitative estimate of drug-likeness (QED) is 0.536. The molecule has 1 aliphatic carbocycles. The third-order valence-corrected chi connectivity index (χ3v) is 2.67. The zero-order valence-electron chi connectivity index (χ0n) is 8.84. The molecular weight excluding hydrogens is 164 g/mol. The fourth-order valence-corrected chi connectivity index (χ4v) is 1.91. The maximum atomic E-state index is 5.95. The van der Waals surface area contributed by atoms with Crippen molar-refractivity contribution in [1.29, 1.82) is 0 Å². The van der Waals surface area contributed by atoms with Crippen molar-refractivity contribution >= 4 is 5.84 Å². The van der Waals surface area contributed by atoms with Gasteiger partial charge in [0.15, 0.2) is 0 Å². The molecule has 0 unspecified atom stereocenters. The Morgan fingerprint density at radius 1 is 1.38 bits per heavy atom. The highest BCUT2D eigenvalue weighted by atomic mass is 16.5. The summed E-state index contributed by atoms with van der Waals surface area (Å²) in [5.74, 6) is 0.683. The van der Waals surface area contributed by atoms with E-state index in [1.807, 2.05) is 13.8 Å². The summed E-state index contributed by atoms with van der Waals surface area (Å²) in [6.07, 6.45) is 4.43. The highest BCUT2D eigenvalue weighted by Crippen LogP contribution is 2.32. The van der Waals surface area contributed by atoms with Gasteiger partial charge in [0.1, 0.15) is 11.4 Å². The number of methoxy groups -OCH3 is 1. The SMILES string of the molecule is COC1(C(N)=NC(C)C)CCCC1. The summed E-state index contributed by atoms with van der Waals surface area (Å²) in [6, 6.07) is 0.257. The van der Waals surface area contributed by atoms with Crippen LogP contribution in [0.25, 0.3) is 0 Å². The van der Waals surface area contributed by atoms with Crippen LogP contribution in [0.15, 0.2) is 4.99 Å². The summed E-state index contributed by atoms with van der Waals surface area (Å²) in [7, 11) is 1.73. The Labute approximate surface area is 80.4 Å². The van der Waals surface area contributed by atoms with E-state index in [4.69, 9.17) is 10.5 Å². The fourth-order valence-electron chi connectivity index (χ4n) is 1.91. The number of aliphatic imine (C=N–C) groups is 1. The van der Waals surface area contributed by atoms with Crippen LogP contribution in [0, 0.1) is 0 Å². The minimum atomic E-state index is -0.246. The maximum Gasteiger partial charge on any atom is 0.127 e. The Kier molecular flexibility index (Phi) is 3.31. The van der Waals surface area contributed by atoms with Gasteiger partial charge in [-0.1, -0.05) is 0 Å². The van der Waals surface area contributed by atoms with Gasteiger partial charge in [0.05, 0.1) is 0 Å². The Morgan fingerprint density at radius 3 is 2.31 bits per heavy atom. The van der Waals surface area contributed by atoms with Crippen molar-refractivity contribution in [1.82, 2.24) is 0 Å². The van der Waals surface area contributed by atoms with Crippen LogP contribution in [0.1, 0.15) is 39.5 Å². The summed E-state index contributed by atoms with van der Waals surface area (Å²) in [6.45, 7) is 4.07. The van der Waals surface area contributed by atoms with E-state index in [1.165, 1.54) is 12.8 Å². The number of ether oxygens (including phenoxy) is 1. The van der Waals surface area contributed by atoms with E-state index >= 15 is 0 Å². The second kappa shape index (κ2) is 4.09. The molecule has 0 amide bonds. The standard InChI is InChI=1S/C10H20N2O/c1-8(2)12-9(11)10(13-3)6-4-5-7-10/h8H,4-7H2,1-3H3,(H2,11,12). The molecule has 0 saturated heterocycles. The normalized spacial score (nSPS) is 22.6. The Bertz CT molecular complexity index is 193. The number of rotatable bonds is 3. The van der Waals surface area contributed by atoms with Gasteiger partial charge in [0, 0.05) is 13.2 Å². The minimum Gasteiger partial charge on any atom is -0.385 e. The maximum absolute atomic E-state index is 5.95. The molecule has 1 fully saturated rings. The van der Waals surface area contributed by atoms with E-state index in [0.717, 1.165) is 12.8 Å². The third-order valence-electron chi connectivity index (χ3n) is 2.67. The lowest BCUT2D eigenvalue weighted by molar-refractivity contribution is 0.0549. The van der Waals surface area contributed by atoms with Crippen molar-refractivity contribution in [3.05, 3.63) is 0 Å². The first-order valence-corrected chi connectivity index (χ1v) is 4.99. The third kappa shape index (κ3) is 2.21. The smallest absolute Gasteiger partial charge is 0.127 e. The van der Waals surface area contributed by atoms with Crippen LogP contribution in [0.4, 0.5) is 0 Å². The monoisotopic (exact) mass is 184 g/mol. The van der Waals surface area contributed by atoms with Crippen molar-refractivity contribution in [3.8, 4) is 0 Å². The minimum absolute atomic E-state index is 0.246. The summed E-state index contributed by atoms with van der Waals surface area (Å²) in [4.78, 5) is 4.37. The van der Waals surface area contributed by atoms with E-state index < -0.39 is 0 Å². The summed E-state index contributed by atoms with van der Waals surface area (Å²) in [5.41, 5.74) is 5.70. The predicted octanol–water partition coefficient (Wildman–Crippen LogP) is 1.71. The number of hydrogen-bond donors (Lipinski definition) is 1. The van der Waals surface area contributed by atoms with Crippen LogP contribution in [-0.2, 0) is 4.74 Å². The Morgan fingerprint density at radius 2 is 1.92 bits per heavy atom. The molecule has 0 aromatic carbocycles. The molecule has 0 aromatic heterocycles. The largest absolute Gasteiger partial charge is 0.385 e. The number of hydrogen-bond acceptors (Lipinski definition) is 2. The molecule has 0 heterocycles. The van der Waals surface area contributed by atoms with Crippen molar-refractivity contribution < 1.29 is 4.74 Å². The van der Waals surface area contributed by atoms with Crippen molar-refractivity contribution in [2.45, 2.75) is 51.2 Å². The molecular formula is C10H20N2O. The van der Waals surface area contributed by atoms with Crippen molar-refractivity contribution in [2.24, 2.45) is 10.7 Å². The number of nitrogens with two attached hydrogens (primary N) is 1. The lowest BCUT2D eigenvalue weighted by atomic mass is 10.0. The second-order valence-corrected chi connectivity index (χ2v) is 4.01. The average molecular weight is 184 g/mol. The zero-order valence-corrected chi connectivity index (χ0v) is 8.84. The second-order valence-electron chi connectivity index (χ2n) is 4.01. The summed E-state index contributed by atoms with van der Waals surface area (Å²) < 4.78 is 5.51. The van der Waals surface area contributed by atoms with E-state index in [-0.39, 0.29) is 11.6 Å². The van der Waals surface area contributed by atoms with Gasteiger partial charge in [-0.2, -0.15) is 0 Å². The van der Waals surface area contributed by atoms with Crippen LogP contribution >= 0.6 is 0 Å². The molecule has 76 valence electrons. The first-order chi connectivity index (χ1) is 6.10. The molecule has 0 bridgehead atoms. The Hall–Kier alpha value is -0.570. The summed E-state index contributed by atoms with van der Waals surface area (Å²) >= 11 is 0. The van der Waals surface area contributed by atoms with Gasteiger partial charge in [0.25, 0.3) is 0 Å². The molecule has 0 radical (unpaired) electrons. The number of amidine groups is 1. The summed E-state index contributed by atoms with van der Waals surface area (Å²) in [5, 5.41) is 0. The molecule has 0 spiro atoms. The molecule has 2 N–H and O–H groups in total. The average Bonchev–Trinajstić information content (AvgIpc) is 2.51. The van der Waals surface area contributed by atoms with Crippen LogP contribution < -0.4 is 5.73 Å². The topological polar surface area (TPSA) is 47.6 Å². The lowest BCUT2D eigenvalue weighted by Gasteiger charge is -2.27. The zero-order chi connectivity index (χ0) is 9.90. The van der Waals surface area contributed by atoms with E-state index in [1.54, 1.807) is 7.11 Å². The van der Waals surface area contributed by atoms with Crippen LogP contribution in [0.2, 0.25) is 0 Å². The van der Waals surface area contributed by atoms with Gasteiger partial charge >= 0.3 is 0 Å². The molecule has 1 rings (SSSR count). The molecule has 3 nitrogen and oxygen atoms in total.